The molecule has 0 saturated carbocycles. The van der Waals surface area contributed by atoms with Crippen molar-refractivity contribution in [1.82, 2.24) is 0 Å². The fraction of sp³-hybridized carbons (Fsp3) is 0.286. The number of hydrogen-bond acceptors (Lipinski definition) is 3. The molecule has 0 saturated heterocycles. The summed E-state index contributed by atoms with van der Waals surface area (Å²) in [7, 11) is 0. The molecule has 0 N–H and O–H groups in total. The molecule has 64 valence electrons. The monoisotopic (exact) mass is 231 g/mol. The largest absolute Gasteiger partial charge is 0.289 e. The highest BCUT2D eigenvalue weighted by molar-refractivity contribution is 9.12. The average molecular weight is 232 g/mol. The van der Waals surface area contributed by atoms with Gasteiger partial charge in [-0.2, -0.15) is 0 Å². The molecule has 0 aliphatic heterocycles. The zero-order valence-corrected chi connectivity index (χ0v) is 7.87. The molecule has 0 amide bonds. The fourth-order valence-electron chi connectivity index (χ4n) is 0.813. The molecular weight excluding hydrogens is 226 g/mol. The zero-order chi connectivity index (χ0) is 9.35. The smallest absolute Gasteiger partial charge is 0.257 e. The molecular formula is C7H6BrNO3. The summed E-state index contributed by atoms with van der Waals surface area (Å²) in [6.45, 7) is 1.43. The summed E-state index contributed by atoms with van der Waals surface area (Å²) >= 11 is 2.95. The van der Waals surface area contributed by atoms with Crippen LogP contribution in [0.4, 0.5) is 0 Å². The van der Waals surface area contributed by atoms with E-state index in [9.17, 15) is 14.9 Å². The summed E-state index contributed by atoms with van der Waals surface area (Å²) in [5.74, 6) is -0.241. The first-order valence-electron chi connectivity index (χ1n) is 3.22. The second-order valence-electron chi connectivity index (χ2n) is 2.67. The zero-order valence-electron chi connectivity index (χ0n) is 6.28. The predicted molar refractivity (Wildman–Crippen MR) is 46.6 cm³/mol. The number of hydrogen-bond donors (Lipinski definition) is 0. The molecule has 0 bridgehead atoms. The summed E-state index contributed by atoms with van der Waals surface area (Å²) in [6, 6.07) is 0. The van der Waals surface area contributed by atoms with E-state index in [1.165, 1.54) is 25.2 Å². The molecule has 1 aliphatic carbocycles. The molecule has 0 aromatic heterocycles. The summed E-state index contributed by atoms with van der Waals surface area (Å²) in [5, 5.41) is 10.5. The van der Waals surface area contributed by atoms with Gasteiger partial charge in [-0.3, -0.25) is 14.9 Å². The van der Waals surface area contributed by atoms with Gasteiger partial charge in [0.2, 0.25) is 0 Å². The van der Waals surface area contributed by atoms with E-state index in [1.807, 2.05) is 0 Å². The summed E-state index contributed by atoms with van der Waals surface area (Å²) in [6.07, 6.45) is 3.77. The van der Waals surface area contributed by atoms with Gasteiger partial charge in [0.15, 0.2) is 5.78 Å². The van der Waals surface area contributed by atoms with Crippen LogP contribution in [0.3, 0.4) is 0 Å². The van der Waals surface area contributed by atoms with E-state index in [2.05, 4.69) is 15.9 Å². The third kappa shape index (κ3) is 1.45. The van der Waals surface area contributed by atoms with Gasteiger partial charge >= 0.3 is 0 Å². The van der Waals surface area contributed by atoms with Gasteiger partial charge in [-0.1, -0.05) is 0 Å². The molecule has 1 unspecified atom stereocenters. The molecule has 1 rings (SSSR count). The van der Waals surface area contributed by atoms with Crippen LogP contribution in [0.25, 0.3) is 0 Å². The Bertz CT molecular complexity index is 308. The Balaban J connectivity index is 3.07. The van der Waals surface area contributed by atoms with E-state index >= 15 is 0 Å². The Hall–Kier alpha value is -0.970. The molecule has 1 aliphatic rings. The van der Waals surface area contributed by atoms with Gasteiger partial charge in [0.25, 0.3) is 5.54 Å². The Morgan fingerprint density at radius 2 is 2.25 bits per heavy atom. The lowest BCUT2D eigenvalue weighted by Crippen LogP contribution is -2.32. The third-order valence-corrected chi connectivity index (χ3v) is 2.24. The van der Waals surface area contributed by atoms with Crippen molar-refractivity contribution < 1.29 is 9.72 Å². The first kappa shape index (κ1) is 9.12. The van der Waals surface area contributed by atoms with Crippen molar-refractivity contribution >= 4 is 21.7 Å². The number of halogens is 1. The lowest BCUT2D eigenvalue weighted by Gasteiger charge is -2.15. The molecule has 0 aromatic carbocycles. The van der Waals surface area contributed by atoms with Gasteiger partial charge in [-0.05, 0) is 28.1 Å². The van der Waals surface area contributed by atoms with E-state index in [-0.39, 0.29) is 10.3 Å². The molecule has 0 spiro atoms. The highest BCUT2D eigenvalue weighted by Crippen LogP contribution is 2.23. The molecule has 0 radical (unpaired) electrons. The standard InChI is InChI=1S/C7H6BrNO3/c1-7(9(11)12)3-2-6(10)5(8)4-7/h2-4H,1H3. The van der Waals surface area contributed by atoms with E-state index < -0.39 is 10.5 Å². The van der Waals surface area contributed by atoms with Crippen molar-refractivity contribution in [1.29, 1.82) is 0 Å². The molecule has 4 nitrogen and oxygen atoms in total. The summed E-state index contributed by atoms with van der Waals surface area (Å²) < 4.78 is 0.240. The van der Waals surface area contributed by atoms with Crippen LogP contribution in [-0.4, -0.2) is 16.2 Å². The number of nitro groups is 1. The van der Waals surface area contributed by atoms with Crippen LogP contribution in [0, 0.1) is 10.1 Å². The first-order valence-corrected chi connectivity index (χ1v) is 4.01. The van der Waals surface area contributed by atoms with Gasteiger partial charge in [0, 0.05) is 17.9 Å². The molecule has 12 heavy (non-hydrogen) atoms. The van der Waals surface area contributed by atoms with Crippen molar-refractivity contribution in [3.63, 3.8) is 0 Å². The Labute approximate surface area is 77.2 Å². The first-order chi connectivity index (χ1) is 5.46. The fourth-order valence-corrected chi connectivity index (χ4v) is 1.41. The van der Waals surface area contributed by atoms with Crippen LogP contribution in [-0.2, 0) is 4.79 Å². The van der Waals surface area contributed by atoms with Crippen LogP contribution >= 0.6 is 15.9 Å². The van der Waals surface area contributed by atoms with Crippen LogP contribution in [0.15, 0.2) is 22.7 Å². The van der Waals surface area contributed by atoms with E-state index in [0.29, 0.717) is 0 Å². The number of rotatable bonds is 1. The van der Waals surface area contributed by atoms with Gasteiger partial charge < -0.3 is 0 Å². The quantitative estimate of drug-likeness (QED) is 0.507. The van der Waals surface area contributed by atoms with Crippen molar-refractivity contribution in [3.05, 3.63) is 32.8 Å². The number of carbonyl (C=O) groups is 1. The highest BCUT2D eigenvalue weighted by atomic mass is 79.9. The van der Waals surface area contributed by atoms with Crippen LogP contribution in [0.5, 0.6) is 0 Å². The van der Waals surface area contributed by atoms with Gasteiger partial charge in [-0.15, -0.1) is 0 Å². The van der Waals surface area contributed by atoms with Crippen molar-refractivity contribution in [3.8, 4) is 0 Å². The molecule has 0 fully saturated rings. The van der Waals surface area contributed by atoms with Gasteiger partial charge in [0.1, 0.15) is 0 Å². The second kappa shape index (κ2) is 2.82. The SMILES string of the molecule is CC1([N+](=O)[O-])C=CC(=O)C(Br)=C1. The molecule has 1 atom stereocenters. The second-order valence-corrected chi connectivity index (χ2v) is 3.53. The van der Waals surface area contributed by atoms with Crippen LogP contribution in [0.2, 0.25) is 0 Å². The third-order valence-electron chi connectivity index (χ3n) is 1.62. The van der Waals surface area contributed by atoms with Crippen LogP contribution < -0.4 is 0 Å². The number of allylic oxidation sites excluding steroid dienone is 2. The minimum atomic E-state index is -1.26. The Morgan fingerprint density at radius 3 is 2.67 bits per heavy atom. The highest BCUT2D eigenvalue weighted by Gasteiger charge is 2.35. The average Bonchev–Trinajstić information content (AvgIpc) is 1.97. The minimum absolute atomic E-state index is 0.240. The van der Waals surface area contributed by atoms with E-state index in [0.717, 1.165) is 0 Å². The maximum atomic E-state index is 10.9. The maximum Gasteiger partial charge on any atom is 0.257 e. The Morgan fingerprint density at radius 1 is 1.67 bits per heavy atom. The van der Waals surface area contributed by atoms with Crippen molar-refractivity contribution in [2.75, 3.05) is 0 Å². The molecule has 0 aromatic rings. The van der Waals surface area contributed by atoms with E-state index in [1.54, 1.807) is 0 Å². The lowest BCUT2D eigenvalue weighted by atomic mass is 9.97. The van der Waals surface area contributed by atoms with Gasteiger partial charge in [0.05, 0.1) is 4.48 Å². The number of nitrogens with zero attached hydrogens (tertiary/aromatic N) is 1. The Kier molecular flexibility index (Phi) is 2.14. The predicted octanol–water partition coefficient (Wildman–Crippen LogP) is 1.44. The number of ketones is 1. The van der Waals surface area contributed by atoms with Crippen molar-refractivity contribution in [2.45, 2.75) is 12.5 Å². The normalized spacial score (nSPS) is 28.5. The molecule has 0 heterocycles. The minimum Gasteiger partial charge on any atom is -0.289 e. The number of carbonyl (C=O) groups excluding carboxylic acids is 1. The maximum absolute atomic E-state index is 10.9. The van der Waals surface area contributed by atoms with Crippen molar-refractivity contribution in [2.24, 2.45) is 0 Å². The van der Waals surface area contributed by atoms with Crippen LogP contribution in [0.1, 0.15) is 6.92 Å². The van der Waals surface area contributed by atoms with E-state index in [4.69, 9.17) is 0 Å². The summed E-state index contributed by atoms with van der Waals surface area (Å²) in [4.78, 5) is 20.9. The topological polar surface area (TPSA) is 60.2 Å². The lowest BCUT2D eigenvalue weighted by molar-refractivity contribution is -0.535. The summed E-state index contributed by atoms with van der Waals surface area (Å²) in [5.41, 5.74) is -1.26. The van der Waals surface area contributed by atoms with Gasteiger partial charge in [-0.25, -0.2) is 0 Å². The molecule has 5 heteroatoms.